The summed E-state index contributed by atoms with van der Waals surface area (Å²) in [4.78, 5) is 22.7. The minimum absolute atomic E-state index is 0.558. The van der Waals surface area contributed by atoms with E-state index in [9.17, 15) is 27.2 Å². The standard InChI is InChI=1S/C16H16F4O4/c1-16(2)9(4-21)10(16)15(22)24-6-8-13(19)11(17)7(5-23-3)12(18)14(8)20/h4,9-10H,5-6H2,1-3H3/t9-,10-/m0/s1. The Morgan fingerprint density at radius 1 is 1.04 bits per heavy atom. The van der Waals surface area contributed by atoms with Crippen molar-refractivity contribution in [2.75, 3.05) is 7.11 Å². The Bertz CT molecular complexity index is 658. The Labute approximate surface area is 135 Å². The highest BCUT2D eigenvalue weighted by Gasteiger charge is 2.62. The molecule has 0 aromatic heterocycles. The molecule has 0 radical (unpaired) electrons. The van der Waals surface area contributed by atoms with Gasteiger partial charge in [0.25, 0.3) is 0 Å². The number of carbonyl (C=O) groups excluding carboxylic acids is 2. The maximum absolute atomic E-state index is 13.9. The molecule has 0 amide bonds. The molecule has 1 aliphatic carbocycles. The Hall–Kier alpha value is -1.96. The van der Waals surface area contributed by atoms with Gasteiger partial charge in [0.15, 0.2) is 23.3 Å². The summed E-state index contributed by atoms with van der Waals surface area (Å²) in [6, 6.07) is 0. The van der Waals surface area contributed by atoms with Gasteiger partial charge in [0.2, 0.25) is 0 Å². The van der Waals surface area contributed by atoms with Crippen LogP contribution in [0.15, 0.2) is 0 Å². The number of hydrogen-bond acceptors (Lipinski definition) is 4. The zero-order chi connectivity index (χ0) is 18.2. The SMILES string of the molecule is COCc1c(F)c(F)c(COC(=O)[C@@H]2[C@H](C=O)C2(C)C)c(F)c1F. The van der Waals surface area contributed by atoms with Crippen molar-refractivity contribution >= 4 is 12.3 Å². The average Bonchev–Trinajstić information content (AvgIpc) is 3.10. The minimum atomic E-state index is -1.64. The molecule has 0 unspecified atom stereocenters. The molecule has 2 rings (SSSR count). The van der Waals surface area contributed by atoms with Gasteiger partial charge >= 0.3 is 5.97 Å². The molecule has 1 aromatic rings. The van der Waals surface area contributed by atoms with E-state index in [2.05, 4.69) is 4.74 Å². The van der Waals surface area contributed by atoms with Gasteiger partial charge in [-0.1, -0.05) is 13.8 Å². The van der Waals surface area contributed by atoms with Crippen molar-refractivity contribution in [1.29, 1.82) is 0 Å². The van der Waals surface area contributed by atoms with Crippen LogP contribution in [-0.2, 0) is 32.3 Å². The van der Waals surface area contributed by atoms with E-state index in [1.165, 1.54) is 0 Å². The molecule has 0 bridgehead atoms. The summed E-state index contributed by atoms with van der Waals surface area (Å²) in [6.07, 6.45) is 0.603. The molecular weight excluding hydrogens is 332 g/mol. The van der Waals surface area contributed by atoms with Gasteiger partial charge in [-0.05, 0) is 5.41 Å². The molecule has 132 valence electrons. The molecule has 0 heterocycles. The number of ether oxygens (including phenoxy) is 2. The van der Waals surface area contributed by atoms with Gasteiger partial charge in [-0.25, -0.2) is 17.6 Å². The monoisotopic (exact) mass is 348 g/mol. The summed E-state index contributed by atoms with van der Waals surface area (Å²) in [6.45, 7) is 1.70. The maximum atomic E-state index is 13.9. The summed E-state index contributed by atoms with van der Waals surface area (Å²) >= 11 is 0. The molecule has 8 heteroatoms. The normalized spacial score (nSPS) is 21.5. The molecular formula is C16H16F4O4. The lowest BCUT2D eigenvalue weighted by atomic mass is 10.1. The van der Waals surface area contributed by atoms with Crippen LogP contribution in [0.1, 0.15) is 25.0 Å². The molecule has 0 N–H and O–H groups in total. The number of hydrogen-bond donors (Lipinski definition) is 0. The number of aldehydes is 1. The van der Waals surface area contributed by atoms with E-state index >= 15 is 0 Å². The van der Waals surface area contributed by atoms with E-state index in [1.54, 1.807) is 13.8 Å². The van der Waals surface area contributed by atoms with Crippen molar-refractivity contribution < 1.29 is 36.6 Å². The third kappa shape index (κ3) is 2.90. The van der Waals surface area contributed by atoms with Gasteiger partial charge in [-0.3, -0.25) is 4.79 Å². The van der Waals surface area contributed by atoms with Gasteiger partial charge in [0.05, 0.1) is 23.7 Å². The second kappa shape index (κ2) is 6.51. The molecule has 0 aliphatic heterocycles. The van der Waals surface area contributed by atoms with E-state index in [-0.39, 0.29) is 0 Å². The van der Waals surface area contributed by atoms with Crippen molar-refractivity contribution in [2.45, 2.75) is 27.1 Å². The van der Waals surface area contributed by atoms with Crippen LogP contribution in [-0.4, -0.2) is 19.4 Å². The third-order valence-electron chi connectivity index (χ3n) is 4.40. The first kappa shape index (κ1) is 18.4. The summed E-state index contributed by atoms with van der Waals surface area (Å²) in [5, 5.41) is 0. The Balaban J connectivity index is 2.19. The lowest BCUT2D eigenvalue weighted by molar-refractivity contribution is -0.148. The molecule has 0 saturated heterocycles. The summed E-state index contributed by atoms with van der Waals surface area (Å²) in [5.74, 6) is -8.64. The van der Waals surface area contributed by atoms with Crippen LogP contribution in [0, 0.1) is 40.5 Å². The topological polar surface area (TPSA) is 52.6 Å². The first-order chi connectivity index (χ1) is 11.2. The number of benzene rings is 1. The van der Waals surface area contributed by atoms with Crippen molar-refractivity contribution in [2.24, 2.45) is 17.3 Å². The lowest BCUT2D eigenvalue weighted by Gasteiger charge is -2.12. The summed E-state index contributed by atoms with van der Waals surface area (Å²) in [5.41, 5.74) is -2.53. The molecule has 1 fully saturated rings. The van der Waals surface area contributed by atoms with E-state index in [4.69, 9.17) is 4.74 Å². The molecule has 0 spiro atoms. The van der Waals surface area contributed by atoms with Crippen LogP contribution >= 0.6 is 0 Å². The largest absolute Gasteiger partial charge is 0.460 e. The van der Waals surface area contributed by atoms with Crippen molar-refractivity contribution in [3.63, 3.8) is 0 Å². The van der Waals surface area contributed by atoms with Crippen molar-refractivity contribution in [3.8, 4) is 0 Å². The zero-order valence-electron chi connectivity index (χ0n) is 13.3. The lowest BCUT2D eigenvalue weighted by Crippen LogP contribution is -2.15. The predicted octanol–water partition coefficient (Wildman–Crippen LogP) is 2.90. The molecule has 1 aliphatic rings. The average molecular weight is 348 g/mol. The highest BCUT2D eigenvalue weighted by Crippen LogP contribution is 2.57. The van der Waals surface area contributed by atoms with Crippen LogP contribution in [0.4, 0.5) is 17.6 Å². The molecule has 1 saturated carbocycles. The molecule has 1 aromatic carbocycles. The Morgan fingerprint density at radius 3 is 1.88 bits per heavy atom. The molecule has 4 nitrogen and oxygen atoms in total. The molecule has 2 atom stereocenters. The molecule has 24 heavy (non-hydrogen) atoms. The quantitative estimate of drug-likeness (QED) is 0.343. The number of methoxy groups -OCH3 is 1. The van der Waals surface area contributed by atoms with Crippen molar-refractivity contribution in [1.82, 2.24) is 0 Å². The first-order valence-electron chi connectivity index (χ1n) is 7.13. The van der Waals surface area contributed by atoms with Crippen LogP contribution < -0.4 is 0 Å². The first-order valence-corrected chi connectivity index (χ1v) is 7.13. The summed E-state index contributed by atoms with van der Waals surface area (Å²) < 4.78 is 64.6. The smallest absolute Gasteiger partial charge is 0.310 e. The number of halogens is 4. The van der Waals surface area contributed by atoms with Gasteiger partial charge in [-0.2, -0.15) is 0 Å². The van der Waals surface area contributed by atoms with E-state index in [0.717, 1.165) is 7.11 Å². The van der Waals surface area contributed by atoms with E-state index in [0.29, 0.717) is 6.29 Å². The fourth-order valence-corrected chi connectivity index (χ4v) is 2.74. The van der Waals surface area contributed by atoms with Crippen molar-refractivity contribution in [3.05, 3.63) is 34.4 Å². The second-order valence-electron chi connectivity index (χ2n) is 6.21. The Morgan fingerprint density at radius 2 is 1.50 bits per heavy atom. The number of esters is 1. The van der Waals surface area contributed by atoms with Crippen LogP contribution in [0.5, 0.6) is 0 Å². The predicted molar refractivity (Wildman–Crippen MR) is 73.6 cm³/mol. The highest BCUT2D eigenvalue weighted by atomic mass is 19.2. The number of carbonyl (C=O) groups is 2. The summed E-state index contributed by atoms with van der Waals surface area (Å²) in [7, 11) is 1.12. The van der Waals surface area contributed by atoms with Crippen LogP contribution in [0.3, 0.4) is 0 Å². The van der Waals surface area contributed by atoms with Gasteiger partial charge in [0, 0.05) is 13.0 Å². The van der Waals surface area contributed by atoms with Crippen LogP contribution in [0.2, 0.25) is 0 Å². The fraction of sp³-hybridized carbons (Fsp3) is 0.500. The number of rotatable bonds is 6. The third-order valence-corrected chi connectivity index (χ3v) is 4.40. The van der Waals surface area contributed by atoms with E-state index in [1.807, 2.05) is 0 Å². The Kier molecular flexibility index (Phi) is 4.98. The van der Waals surface area contributed by atoms with Gasteiger partial charge in [-0.15, -0.1) is 0 Å². The maximum Gasteiger partial charge on any atom is 0.310 e. The zero-order valence-corrected chi connectivity index (χ0v) is 13.3. The van der Waals surface area contributed by atoms with Gasteiger partial charge in [0.1, 0.15) is 12.9 Å². The fourth-order valence-electron chi connectivity index (χ4n) is 2.74. The highest BCUT2D eigenvalue weighted by molar-refractivity contribution is 5.84. The second-order valence-corrected chi connectivity index (χ2v) is 6.21. The van der Waals surface area contributed by atoms with Crippen LogP contribution in [0.25, 0.3) is 0 Å². The minimum Gasteiger partial charge on any atom is -0.460 e. The van der Waals surface area contributed by atoms with Gasteiger partial charge < -0.3 is 14.3 Å². The van der Waals surface area contributed by atoms with E-state index < -0.39 is 70.8 Å².